The molecule has 1 atom stereocenters. The molecule has 0 amide bonds. The molecule has 0 spiro atoms. The predicted octanol–water partition coefficient (Wildman–Crippen LogP) is -1.15. The van der Waals surface area contributed by atoms with Crippen LogP contribution < -0.4 is 15.8 Å². The Morgan fingerprint density at radius 2 is 2.25 bits per heavy atom. The van der Waals surface area contributed by atoms with Crippen LogP contribution in [0.15, 0.2) is 15.7 Å². The van der Waals surface area contributed by atoms with Crippen molar-refractivity contribution in [3.8, 4) is 0 Å². The molecular formula is C8H9NO3. The molecular weight excluding hydrogens is 158 g/mol. The van der Waals surface area contributed by atoms with Gasteiger partial charge in [0.1, 0.15) is 0 Å². The number of β-amino-alcohol motifs (C(OH)–C–C–N with tert-alkyl or cyclic N) is 1. The summed E-state index contributed by atoms with van der Waals surface area (Å²) < 4.78 is 0. The molecule has 1 fully saturated rings. The van der Waals surface area contributed by atoms with Gasteiger partial charge in [0.25, 0.3) is 0 Å². The first-order chi connectivity index (χ1) is 5.68. The first-order valence-corrected chi connectivity index (χ1v) is 3.92. The van der Waals surface area contributed by atoms with Gasteiger partial charge in [-0.15, -0.1) is 0 Å². The third kappa shape index (κ3) is 0.956. The van der Waals surface area contributed by atoms with Gasteiger partial charge in [0, 0.05) is 19.2 Å². The van der Waals surface area contributed by atoms with Crippen molar-refractivity contribution in [3.63, 3.8) is 0 Å². The zero-order valence-corrected chi connectivity index (χ0v) is 6.49. The van der Waals surface area contributed by atoms with Crippen molar-refractivity contribution >= 4 is 5.69 Å². The van der Waals surface area contributed by atoms with Crippen molar-refractivity contribution in [2.24, 2.45) is 0 Å². The van der Waals surface area contributed by atoms with Gasteiger partial charge in [0.2, 0.25) is 10.9 Å². The molecule has 0 aliphatic carbocycles. The second-order valence-electron chi connectivity index (χ2n) is 3.11. The minimum Gasteiger partial charge on any atom is -0.391 e. The number of aliphatic hydroxyl groups excluding tert-OH is 1. The van der Waals surface area contributed by atoms with Crippen LogP contribution >= 0.6 is 0 Å². The number of hydrogen-bond acceptors (Lipinski definition) is 4. The summed E-state index contributed by atoms with van der Waals surface area (Å²) in [7, 11) is 0. The van der Waals surface area contributed by atoms with Gasteiger partial charge in [-0.3, -0.25) is 9.59 Å². The van der Waals surface area contributed by atoms with Gasteiger partial charge in [-0.2, -0.15) is 0 Å². The third-order valence-corrected chi connectivity index (χ3v) is 2.23. The van der Waals surface area contributed by atoms with Gasteiger partial charge in [-0.05, 0) is 6.42 Å². The summed E-state index contributed by atoms with van der Waals surface area (Å²) in [6.45, 7) is 1.15. The Morgan fingerprint density at radius 1 is 1.50 bits per heavy atom. The SMILES string of the molecule is O=c1cc(N2CCC(O)C2)c1=O. The number of anilines is 1. The molecule has 0 aromatic heterocycles. The second-order valence-corrected chi connectivity index (χ2v) is 3.11. The third-order valence-electron chi connectivity index (χ3n) is 2.23. The summed E-state index contributed by atoms with van der Waals surface area (Å²) in [5.41, 5.74) is -0.368. The summed E-state index contributed by atoms with van der Waals surface area (Å²) >= 11 is 0. The summed E-state index contributed by atoms with van der Waals surface area (Å²) in [6, 6.07) is 1.33. The molecule has 1 unspecified atom stereocenters. The molecule has 1 aromatic rings. The number of hydrogen-bond donors (Lipinski definition) is 1. The highest BCUT2D eigenvalue weighted by atomic mass is 16.3. The minimum atomic E-state index is -0.425. The highest BCUT2D eigenvalue weighted by molar-refractivity contribution is 5.51. The molecule has 1 aliphatic heterocycles. The summed E-state index contributed by atoms with van der Waals surface area (Å²) in [6.07, 6.45) is 0.327. The summed E-state index contributed by atoms with van der Waals surface area (Å²) in [5, 5.41) is 9.16. The van der Waals surface area contributed by atoms with Crippen LogP contribution in [0.5, 0.6) is 0 Å². The fourth-order valence-corrected chi connectivity index (χ4v) is 1.50. The molecule has 4 heteroatoms. The zero-order chi connectivity index (χ0) is 8.72. The Hall–Kier alpha value is -1.16. The van der Waals surface area contributed by atoms with E-state index in [2.05, 4.69) is 0 Å². The fourth-order valence-electron chi connectivity index (χ4n) is 1.50. The Kier molecular flexibility index (Phi) is 1.51. The van der Waals surface area contributed by atoms with E-state index in [-0.39, 0.29) is 6.10 Å². The van der Waals surface area contributed by atoms with E-state index in [1.165, 1.54) is 6.07 Å². The van der Waals surface area contributed by atoms with E-state index in [9.17, 15) is 9.59 Å². The monoisotopic (exact) mass is 167 g/mol. The molecule has 12 heavy (non-hydrogen) atoms. The van der Waals surface area contributed by atoms with E-state index in [0.29, 0.717) is 25.2 Å². The molecule has 64 valence electrons. The summed E-state index contributed by atoms with van der Waals surface area (Å²) in [5.74, 6) is 0. The zero-order valence-electron chi connectivity index (χ0n) is 6.49. The van der Waals surface area contributed by atoms with Gasteiger partial charge >= 0.3 is 0 Å². The first kappa shape index (κ1) is 7.49. The molecule has 1 N–H and O–H groups in total. The predicted molar refractivity (Wildman–Crippen MR) is 44.2 cm³/mol. The van der Waals surface area contributed by atoms with Crippen molar-refractivity contribution in [1.82, 2.24) is 0 Å². The van der Waals surface area contributed by atoms with Crippen molar-refractivity contribution in [2.45, 2.75) is 12.5 Å². The maximum atomic E-state index is 10.9. The highest BCUT2D eigenvalue weighted by Crippen LogP contribution is 2.15. The van der Waals surface area contributed by atoms with Gasteiger partial charge in [0.15, 0.2) is 0 Å². The lowest BCUT2D eigenvalue weighted by molar-refractivity contribution is 0.198. The molecule has 1 aromatic carbocycles. The molecule has 1 aliphatic rings. The van der Waals surface area contributed by atoms with Crippen molar-refractivity contribution < 1.29 is 5.11 Å². The number of aliphatic hydroxyl groups is 1. The maximum absolute atomic E-state index is 10.9. The van der Waals surface area contributed by atoms with E-state index in [1.807, 2.05) is 0 Å². The van der Waals surface area contributed by atoms with Crippen molar-refractivity contribution in [3.05, 3.63) is 26.5 Å². The minimum absolute atomic E-state index is 0.352. The molecule has 0 bridgehead atoms. The lowest BCUT2D eigenvalue weighted by Crippen LogP contribution is -2.38. The van der Waals surface area contributed by atoms with Crippen LogP contribution in [0.4, 0.5) is 5.69 Å². The van der Waals surface area contributed by atoms with Crippen LogP contribution in [-0.2, 0) is 0 Å². The van der Waals surface area contributed by atoms with Crippen LogP contribution in [-0.4, -0.2) is 24.3 Å². The van der Waals surface area contributed by atoms with Gasteiger partial charge in [-0.25, -0.2) is 0 Å². The quantitative estimate of drug-likeness (QED) is 0.537. The van der Waals surface area contributed by atoms with E-state index >= 15 is 0 Å². The van der Waals surface area contributed by atoms with Crippen molar-refractivity contribution in [2.75, 3.05) is 18.0 Å². The largest absolute Gasteiger partial charge is 0.391 e. The van der Waals surface area contributed by atoms with Gasteiger partial charge < -0.3 is 10.0 Å². The number of nitrogens with zero attached hydrogens (tertiary/aromatic N) is 1. The average Bonchev–Trinajstić information content (AvgIpc) is 2.46. The first-order valence-electron chi connectivity index (χ1n) is 3.92. The Labute approximate surface area is 68.7 Å². The van der Waals surface area contributed by atoms with Gasteiger partial charge in [-0.1, -0.05) is 0 Å². The van der Waals surface area contributed by atoms with Crippen LogP contribution in [0.3, 0.4) is 0 Å². The standard InChI is InChI=1S/C8H9NO3/c10-5-1-2-9(4-5)6-3-7(11)8(6)12/h3,5,10H,1-2,4H2. The van der Waals surface area contributed by atoms with Crippen LogP contribution in [0.2, 0.25) is 0 Å². The van der Waals surface area contributed by atoms with Crippen LogP contribution in [0.1, 0.15) is 6.42 Å². The second kappa shape index (κ2) is 2.42. The molecule has 1 heterocycles. The number of rotatable bonds is 1. The fraction of sp³-hybridized carbons (Fsp3) is 0.500. The van der Waals surface area contributed by atoms with E-state index in [4.69, 9.17) is 5.11 Å². The van der Waals surface area contributed by atoms with E-state index < -0.39 is 10.9 Å². The normalized spacial score (nSPS) is 23.8. The van der Waals surface area contributed by atoms with Crippen LogP contribution in [0.25, 0.3) is 0 Å². The van der Waals surface area contributed by atoms with E-state index in [0.717, 1.165) is 0 Å². The van der Waals surface area contributed by atoms with Crippen molar-refractivity contribution in [1.29, 1.82) is 0 Å². The van der Waals surface area contributed by atoms with E-state index in [1.54, 1.807) is 4.90 Å². The van der Waals surface area contributed by atoms with Gasteiger partial charge in [0.05, 0.1) is 11.8 Å². The molecule has 1 saturated heterocycles. The summed E-state index contributed by atoms with van der Waals surface area (Å²) in [4.78, 5) is 23.2. The Bertz CT molecular complexity index is 364. The molecule has 0 radical (unpaired) electrons. The molecule has 4 nitrogen and oxygen atoms in total. The molecule has 2 rings (SSSR count). The topological polar surface area (TPSA) is 57.6 Å². The Morgan fingerprint density at radius 3 is 2.67 bits per heavy atom. The maximum Gasteiger partial charge on any atom is 0.249 e. The lowest BCUT2D eigenvalue weighted by atomic mass is 10.2. The smallest absolute Gasteiger partial charge is 0.249 e. The van der Waals surface area contributed by atoms with Crippen LogP contribution in [0, 0.1) is 0 Å². The molecule has 0 saturated carbocycles. The Balaban J connectivity index is 2.19. The average molecular weight is 167 g/mol. The lowest BCUT2D eigenvalue weighted by Gasteiger charge is -2.17. The highest BCUT2D eigenvalue weighted by Gasteiger charge is 2.24.